The molecule has 2 aliphatic heterocycles. The molecule has 2 amide bonds. The summed E-state index contributed by atoms with van der Waals surface area (Å²) < 4.78 is 18.7. The second-order valence-electron chi connectivity index (χ2n) is 9.10. The van der Waals surface area contributed by atoms with Crippen molar-refractivity contribution in [2.45, 2.75) is 52.1 Å². The Morgan fingerprint density at radius 1 is 1.14 bits per heavy atom. The van der Waals surface area contributed by atoms with Gasteiger partial charge in [-0.3, -0.25) is 9.78 Å². The summed E-state index contributed by atoms with van der Waals surface area (Å²) in [6.45, 7) is 8.34. The monoisotopic (exact) mass is 403 g/mol. The van der Waals surface area contributed by atoms with Gasteiger partial charge in [-0.1, -0.05) is 0 Å². The molecule has 3 rings (SSSR count). The van der Waals surface area contributed by atoms with Gasteiger partial charge in [0.1, 0.15) is 11.4 Å². The molecule has 0 radical (unpaired) electrons. The Balaban J connectivity index is 1.56. The topological polar surface area (TPSA) is 62.7 Å². The third kappa shape index (κ3) is 5.78. The third-order valence-corrected chi connectivity index (χ3v) is 5.59. The number of amides is 2. The first-order valence-corrected chi connectivity index (χ1v) is 10.2. The van der Waals surface area contributed by atoms with Crippen LogP contribution in [0.5, 0.6) is 0 Å². The number of likely N-dealkylation sites (tertiary alicyclic amines) is 2. The lowest BCUT2D eigenvalue weighted by Gasteiger charge is -2.47. The maximum absolute atomic E-state index is 13.2. The molecule has 0 saturated carbocycles. The number of carbonyl (C=O) groups excluding carboxylic acids is 2. The Morgan fingerprint density at radius 3 is 2.52 bits per heavy atom. The Bertz CT molecular complexity index is 780. The zero-order valence-corrected chi connectivity index (χ0v) is 17.5. The van der Waals surface area contributed by atoms with E-state index >= 15 is 0 Å². The summed E-state index contributed by atoms with van der Waals surface area (Å²) in [5.41, 5.74) is 0.125. The number of rotatable bonds is 2. The standard InChI is InChI=1S/C22H30FN3O3/c1-21(2,3)29-20(28)25-11-8-22(9-12-25)7-4-10-26(16-22)19(27)6-5-17-13-18(23)15-24-14-17/h5-6,13-15H,4,7-12,16H2,1-3H3. The highest BCUT2D eigenvalue weighted by atomic mass is 19.1. The van der Waals surface area contributed by atoms with Crippen molar-refractivity contribution >= 4 is 18.1 Å². The van der Waals surface area contributed by atoms with Crippen LogP contribution in [0.15, 0.2) is 24.5 Å². The molecule has 0 bridgehead atoms. The summed E-state index contributed by atoms with van der Waals surface area (Å²) in [5, 5.41) is 0. The highest BCUT2D eigenvalue weighted by Gasteiger charge is 2.40. The fourth-order valence-corrected chi connectivity index (χ4v) is 4.09. The first-order valence-electron chi connectivity index (χ1n) is 10.2. The van der Waals surface area contributed by atoms with E-state index in [2.05, 4.69) is 4.98 Å². The second kappa shape index (κ2) is 8.51. The van der Waals surface area contributed by atoms with Crippen molar-refractivity contribution in [2.24, 2.45) is 5.41 Å². The van der Waals surface area contributed by atoms with Crippen LogP contribution in [0.2, 0.25) is 0 Å². The zero-order valence-electron chi connectivity index (χ0n) is 17.5. The van der Waals surface area contributed by atoms with Crippen molar-refractivity contribution in [3.63, 3.8) is 0 Å². The lowest BCUT2D eigenvalue weighted by molar-refractivity contribution is -0.130. The van der Waals surface area contributed by atoms with Crippen molar-refractivity contribution in [3.8, 4) is 0 Å². The first-order chi connectivity index (χ1) is 13.7. The second-order valence-corrected chi connectivity index (χ2v) is 9.10. The Kier molecular flexibility index (Phi) is 6.24. The molecule has 0 aromatic carbocycles. The van der Waals surface area contributed by atoms with Crippen molar-refractivity contribution < 1.29 is 18.7 Å². The normalized spacial score (nSPS) is 19.6. The molecule has 29 heavy (non-hydrogen) atoms. The summed E-state index contributed by atoms with van der Waals surface area (Å²) in [7, 11) is 0. The van der Waals surface area contributed by atoms with Crippen molar-refractivity contribution in [2.75, 3.05) is 26.2 Å². The van der Waals surface area contributed by atoms with Gasteiger partial charge in [-0.15, -0.1) is 0 Å². The zero-order chi connectivity index (χ0) is 21.1. The minimum Gasteiger partial charge on any atom is -0.444 e. The number of halogens is 1. The third-order valence-electron chi connectivity index (χ3n) is 5.59. The number of pyridine rings is 1. The molecular formula is C22H30FN3O3. The molecule has 7 heteroatoms. The van der Waals surface area contributed by atoms with Gasteiger partial charge < -0.3 is 14.5 Å². The Morgan fingerprint density at radius 2 is 1.86 bits per heavy atom. The van der Waals surface area contributed by atoms with Crippen LogP contribution in [0.25, 0.3) is 6.08 Å². The molecule has 1 spiro atoms. The van der Waals surface area contributed by atoms with Crippen LogP contribution in [0.3, 0.4) is 0 Å². The van der Waals surface area contributed by atoms with Gasteiger partial charge in [-0.2, -0.15) is 0 Å². The smallest absolute Gasteiger partial charge is 0.410 e. The van der Waals surface area contributed by atoms with Crippen molar-refractivity contribution in [1.82, 2.24) is 14.8 Å². The largest absolute Gasteiger partial charge is 0.444 e. The SMILES string of the molecule is CC(C)(C)OC(=O)N1CCC2(CCCN(C(=O)C=Cc3cncc(F)c3)C2)CC1. The van der Waals surface area contributed by atoms with Gasteiger partial charge in [0.05, 0.1) is 6.20 Å². The van der Waals surface area contributed by atoms with Gasteiger partial charge in [-0.25, -0.2) is 9.18 Å². The molecule has 3 heterocycles. The van der Waals surface area contributed by atoms with Gasteiger partial charge >= 0.3 is 6.09 Å². The number of carbonyl (C=O) groups is 2. The van der Waals surface area contributed by atoms with E-state index in [-0.39, 0.29) is 17.4 Å². The molecule has 158 valence electrons. The van der Waals surface area contributed by atoms with E-state index in [1.807, 2.05) is 25.7 Å². The minimum atomic E-state index is -0.496. The maximum atomic E-state index is 13.2. The average molecular weight is 403 g/mol. The van der Waals surface area contributed by atoms with Gasteiger partial charge in [0.15, 0.2) is 0 Å². The van der Waals surface area contributed by atoms with E-state index in [9.17, 15) is 14.0 Å². The Labute approximate surface area is 171 Å². The molecule has 2 fully saturated rings. The maximum Gasteiger partial charge on any atom is 0.410 e. The fraction of sp³-hybridized carbons (Fsp3) is 0.591. The van der Waals surface area contributed by atoms with Crippen LogP contribution in [-0.4, -0.2) is 58.6 Å². The minimum absolute atomic E-state index is 0.0562. The van der Waals surface area contributed by atoms with Crippen LogP contribution in [-0.2, 0) is 9.53 Å². The summed E-state index contributed by atoms with van der Waals surface area (Å²) in [6, 6.07) is 1.35. The van der Waals surface area contributed by atoms with Crippen LogP contribution in [0, 0.1) is 11.2 Å². The molecule has 1 aromatic heterocycles. The lowest BCUT2D eigenvalue weighted by Crippen LogP contribution is -2.52. The molecule has 2 saturated heterocycles. The number of hydrogen-bond donors (Lipinski definition) is 0. The predicted octanol–water partition coefficient (Wildman–Crippen LogP) is 3.87. The van der Waals surface area contributed by atoms with E-state index in [4.69, 9.17) is 4.74 Å². The van der Waals surface area contributed by atoms with Crippen molar-refractivity contribution in [3.05, 3.63) is 35.9 Å². The van der Waals surface area contributed by atoms with Crippen LogP contribution in [0.1, 0.15) is 52.0 Å². The number of piperidine rings is 2. The number of ether oxygens (including phenoxy) is 1. The van der Waals surface area contributed by atoms with E-state index in [1.54, 1.807) is 11.0 Å². The average Bonchev–Trinajstić information content (AvgIpc) is 2.65. The molecule has 0 atom stereocenters. The van der Waals surface area contributed by atoms with Crippen molar-refractivity contribution in [1.29, 1.82) is 0 Å². The molecule has 0 N–H and O–H groups in total. The fourth-order valence-electron chi connectivity index (χ4n) is 4.09. The van der Waals surface area contributed by atoms with E-state index in [0.29, 0.717) is 25.2 Å². The van der Waals surface area contributed by atoms with E-state index < -0.39 is 11.4 Å². The van der Waals surface area contributed by atoms with Gasteiger partial charge in [0.2, 0.25) is 5.91 Å². The van der Waals surface area contributed by atoms with Crippen LogP contribution in [0.4, 0.5) is 9.18 Å². The van der Waals surface area contributed by atoms with Gasteiger partial charge in [0.25, 0.3) is 0 Å². The molecule has 6 nitrogen and oxygen atoms in total. The van der Waals surface area contributed by atoms with Gasteiger partial charge in [-0.05, 0) is 69.6 Å². The first kappa shape index (κ1) is 21.3. The van der Waals surface area contributed by atoms with Gasteiger partial charge in [0, 0.05) is 38.5 Å². The summed E-state index contributed by atoms with van der Waals surface area (Å²) >= 11 is 0. The molecule has 2 aliphatic rings. The Hall–Kier alpha value is -2.44. The molecule has 0 unspecified atom stereocenters. The number of nitrogens with zero attached hydrogens (tertiary/aromatic N) is 3. The van der Waals surface area contributed by atoms with Crippen LogP contribution >= 0.6 is 0 Å². The summed E-state index contributed by atoms with van der Waals surface area (Å²) in [6.07, 6.45) is 9.25. The van der Waals surface area contributed by atoms with E-state index in [1.165, 1.54) is 18.3 Å². The molecule has 0 aliphatic carbocycles. The number of aromatic nitrogens is 1. The highest BCUT2D eigenvalue weighted by Crippen LogP contribution is 2.40. The molecule has 1 aromatic rings. The molecular weight excluding hydrogens is 373 g/mol. The van der Waals surface area contributed by atoms with Crippen LogP contribution < -0.4 is 0 Å². The summed E-state index contributed by atoms with van der Waals surface area (Å²) in [5.74, 6) is -0.490. The quantitative estimate of drug-likeness (QED) is 0.703. The lowest BCUT2D eigenvalue weighted by atomic mass is 9.72. The predicted molar refractivity (Wildman–Crippen MR) is 109 cm³/mol. The van der Waals surface area contributed by atoms with E-state index in [0.717, 1.165) is 38.4 Å². The highest BCUT2D eigenvalue weighted by molar-refractivity contribution is 5.91. The summed E-state index contributed by atoms with van der Waals surface area (Å²) in [4.78, 5) is 32.4. The number of hydrogen-bond acceptors (Lipinski definition) is 4.